The molecule has 0 amide bonds. The van der Waals surface area contributed by atoms with Gasteiger partial charge in [0.25, 0.3) is 5.56 Å². The van der Waals surface area contributed by atoms with Crippen LogP contribution in [-0.2, 0) is 16.1 Å². The van der Waals surface area contributed by atoms with Gasteiger partial charge in [0.15, 0.2) is 4.80 Å². The zero-order valence-electron chi connectivity index (χ0n) is 21.2. The maximum Gasteiger partial charge on any atom is 0.338 e. The van der Waals surface area contributed by atoms with E-state index in [1.165, 1.54) is 15.9 Å². The first-order valence-electron chi connectivity index (χ1n) is 12.3. The third-order valence-corrected chi connectivity index (χ3v) is 7.77. The molecule has 1 aromatic heterocycles. The van der Waals surface area contributed by atoms with Crippen LogP contribution in [0.15, 0.2) is 93.9 Å². The lowest BCUT2D eigenvalue weighted by atomic mass is 9.96. The number of nitrogens with zero attached hydrogens (tertiary/aromatic N) is 2. The first-order valence-corrected chi connectivity index (χ1v) is 13.8. The molecule has 6 nitrogen and oxygen atoms in total. The summed E-state index contributed by atoms with van der Waals surface area (Å²) in [4.78, 5) is 31.9. The van der Waals surface area contributed by atoms with E-state index in [2.05, 4.69) is 4.99 Å². The lowest BCUT2D eigenvalue weighted by molar-refractivity contribution is -0.139. The topological polar surface area (TPSA) is 69.9 Å². The van der Waals surface area contributed by atoms with Gasteiger partial charge >= 0.3 is 5.97 Å². The van der Waals surface area contributed by atoms with Crippen LogP contribution in [0, 0.1) is 0 Å². The second kappa shape index (κ2) is 11.6. The van der Waals surface area contributed by atoms with Gasteiger partial charge in [0.05, 0.1) is 22.4 Å². The fraction of sp³-hybridized carbons (Fsp3) is 0.167. The number of hydrogen-bond acceptors (Lipinski definition) is 6. The van der Waals surface area contributed by atoms with Gasteiger partial charge in [-0.1, -0.05) is 77.0 Å². The summed E-state index contributed by atoms with van der Waals surface area (Å²) in [5.74, 6) is 0.143. The maximum absolute atomic E-state index is 13.8. The molecule has 0 N–H and O–H groups in total. The van der Waals surface area contributed by atoms with E-state index in [1.54, 1.807) is 32.1 Å². The third kappa shape index (κ3) is 5.71. The molecular weight excluding hydrogens is 555 g/mol. The quantitative estimate of drug-likeness (QED) is 0.264. The third-order valence-electron chi connectivity index (χ3n) is 6.19. The summed E-state index contributed by atoms with van der Waals surface area (Å²) in [5.41, 5.74) is 2.92. The van der Waals surface area contributed by atoms with Crippen LogP contribution < -0.4 is 19.6 Å². The number of fused-ring (bicyclic) bond motifs is 1. The molecule has 1 aliphatic heterocycles. The second-order valence-corrected chi connectivity index (χ2v) is 10.7. The van der Waals surface area contributed by atoms with Crippen molar-refractivity contribution in [1.29, 1.82) is 0 Å². The molecule has 0 spiro atoms. The maximum atomic E-state index is 13.8. The van der Waals surface area contributed by atoms with Crippen LogP contribution in [0.2, 0.25) is 10.0 Å². The van der Waals surface area contributed by atoms with Crippen molar-refractivity contribution in [2.24, 2.45) is 4.99 Å². The van der Waals surface area contributed by atoms with Crippen molar-refractivity contribution in [3.8, 4) is 5.75 Å². The van der Waals surface area contributed by atoms with E-state index in [0.29, 0.717) is 48.6 Å². The number of ether oxygens (including phenoxy) is 2. The van der Waals surface area contributed by atoms with Crippen molar-refractivity contribution >= 4 is 46.6 Å². The largest absolute Gasteiger partial charge is 0.489 e. The monoisotopic (exact) mass is 578 g/mol. The Morgan fingerprint density at radius 2 is 1.85 bits per heavy atom. The van der Waals surface area contributed by atoms with E-state index in [1.807, 2.05) is 60.7 Å². The van der Waals surface area contributed by atoms with E-state index in [0.717, 1.165) is 11.1 Å². The van der Waals surface area contributed by atoms with Crippen molar-refractivity contribution in [1.82, 2.24) is 4.57 Å². The SMILES string of the molecule is CCOC(=O)C1=C(C)N=c2s/c(=C\c3cccc(OCc4ccc(Cl)cc4)c3)c(=O)n2[C@@H]1c1ccccc1Cl. The number of esters is 1. The molecule has 2 heterocycles. The molecule has 0 unspecified atom stereocenters. The number of benzene rings is 3. The Balaban J connectivity index is 1.55. The van der Waals surface area contributed by atoms with Gasteiger partial charge in [-0.15, -0.1) is 0 Å². The highest BCUT2D eigenvalue weighted by atomic mass is 35.5. The highest BCUT2D eigenvalue weighted by Crippen LogP contribution is 2.34. The minimum absolute atomic E-state index is 0.200. The Kier molecular flexibility index (Phi) is 8.02. The molecule has 0 fully saturated rings. The van der Waals surface area contributed by atoms with Crippen LogP contribution in [0.3, 0.4) is 0 Å². The lowest BCUT2D eigenvalue weighted by Crippen LogP contribution is -2.40. The van der Waals surface area contributed by atoms with Gasteiger partial charge in [0, 0.05) is 10.0 Å². The molecule has 3 aromatic carbocycles. The fourth-order valence-electron chi connectivity index (χ4n) is 4.38. The molecule has 4 aromatic rings. The molecule has 0 saturated carbocycles. The molecule has 5 rings (SSSR count). The summed E-state index contributed by atoms with van der Waals surface area (Å²) in [6, 6.07) is 21.4. The van der Waals surface area contributed by atoms with E-state index in [4.69, 9.17) is 32.7 Å². The van der Waals surface area contributed by atoms with Crippen LogP contribution in [0.25, 0.3) is 6.08 Å². The van der Waals surface area contributed by atoms with Gasteiger partial charge in [0.2, 0.25) is 0 Å². The Hall–Kier alpha value is -3.65. The molecule has 0 bridgehead atoms. The summed E-state index contributed by atoms with van der Waals surface area (Å²) in [6.45, 7) is 4.07. The predicted octanol–water partition coefficient (Wildman–Crippen LogP) is 5.68. The van der Waals surface area contributed by atoms with Gasteiger partial charge in [-0.2, -0.15) is 0 Å². The standard InChI is InChI=1S/C30H24Cl2N2O4S/c1-3-37-29(36)26-18(2)33-30-34(27(26)23-9-4-5-10-24(23)32)28(35)25(39-30)16-20-7-6-8-22(15-20)38-17-19-11-13-21(31)14-12-19/h4-16,27H,3,17H2,1-2H3/b25-16-/t27-/m1/s1. The normalized spacial score (nSPS) is 15.1. The highest BCUT2D eigenvalue weighted by Gasteiger charge is 2.34. The molecule has 0 aliphatic carbocycles. The number of rotatable bonds is 7. The van der Waals surface area contributed by atoms with Crippen LogP contribution in [0.5, 0.6) is 5.75 Å². The molecular formula is C30H24Cl2N2O4S. The molecule has 39 heavy (non-hydrogen) atoms. The minimum atomic E-state index is -0.759. The molecule has 1 atom stereocenters. The van der Waals surface area contributed by atoms with Gasteiger partial charge < -0.3 is 9.47 Å². The van der Waals surface area contributed by atoms with Crippen molar-refractivity contribution < 1.29 is 14.3 Å². The molecule has 0 radical (unpaired) electrons. The molecule has 198 valence electrons. The predicted molar refractivity (Wildman–Crippen MR) is 154 cm³/mol. The number of aromatic nitrogens is 1. The Labute approximate surface area is 239 Å². The fourth-order valence-corrected chi connectivity index (χ4v) is 5.79. The van der Waals surface area contributed by atoms with Gasteiger partial charge in [-0.25, -0.2) is 9.79 Å². The highest BCUT2D eigenvalue weighted by molar-refractivity contribution is 7.07. The zero-order chi connectivity index (χ0) is 27.5. The average Bonchev–Trinajstić information content (AvgIpc) is 3.22. The van der Waals surface area contributed by atoms with Crippen LogP contribution >= 0.6 is 34.5 Å². The molecule has 1 aliphatic rings. The van der Waals surface area contributed by atoms with Crippen LogP contribution in [-0.4, -0.2) is 17.1 Å². The summed E-state index contributed by atoms with van der Waals surface area (Å²) < 4.78 is 13.3. The summed E-state index contributed by atoms with van der Waals surface area (Å²) in [5, 5.41) is 1.11. The first kappa shape index (κ1) is 26.9. The zero-order valence-corrected chi connectivity index (χ0v) is 23.5. The Bertz CT molecular complexity index is 1760. The van der Waals surface area contributed by atoms with Crippen LogP contribution in [0.1, 0.15) is 36.6 Å². The van der Waals surface area contributed by atoms with E-state index in [-0.39, 0.29) is 12.2 Å². The van der Waals surface area contributed by atoms with Gasteiger partial charge in [-0.05, 0) is 66.9 Å². The first-order chi connectivity index (χ1) is 18.9. The number of hydrogen-bond donors (Lipinski definition) is 0. The number of allylic oxidation sites excluding steroid dienone is 1. The van der Waals surface area contributed by atoms with Gasteiger partial charge in [-0.3, -0.25) is 9.36 Å². The summed E-state index contributed by atoms with van der Waals surface area (Å²) in [6.07, 6.45) is 1.80. The van der Waals surface area contributed by atoms with Crippen molar-refractivity contribution in [2.75, 3.05) is 6.61 Å². The van der Waals surface area contributed by atoms with E-state index >= 15 is 0 Å². The number of halogens is 2. The van der Waals surface area contributed by atoms with Crippen molar-refractivity contribution in [3.05, 3.63) is 130 Å². The smallest absolute Gasteiger partial charge is 0.338 e. The Morgan fingerprint density at radius 1 is 1.08 bits per heavy atom. The lowest BCUT2D eigenvalue weighted by Gasteiger charge is -2.25. The summed E-state index contributed by atoms with van der Waals surface area (Å²) >= 11 is 13.8. The minimum Gasteiger partial charge on any atom is -0.489 e. The van der Waals surface area contributed by atoms with Crippen LogP contribution in [0.4, 0.5) is 0 Å². The average molecular weight is 580 g/mol. The molecule has 9 heteroatoms. The summed E-state index contributed by atoms with van der Waals surface area (Å²) in [7, 11) is 0. The number of carbonyl (C=O) groups is 1. The van der Waals surface area contributed by atoms with Gasteiger partial charge in [0.1, 0.15) is 18.4 Å². The number of thiazole rings is 1. The molecule has 0 saturated heterocycles. The Morgan fingerprint density at radius 3 is 2.59 bits per heavy atom. The van der Waals surface area contributed by atoms with E-state index in [9.17, 15) is 9.59 Å². The van der Waals surface area contributed by atoms with E-state index < -0.39 is 12.0 Å². The number of carbonyl (C=O) groups excluding carboxylic acids is 1. The van der Waals surface area contributed by atoms with Crippen molar-refractivity contribution in [2.45, 2.75) is 26.5 Å². The second-order valence-electron chi connectivity index (χ2n) is 8.81. The van der Waals surface area contributed by atoms with Crippen molar-refractivity contribution in [3.63, 3.8) is 0 Å².